The van der Waals surface area contributed by atoms with Crippen molar-refractivity contribution in [2.24, 2.45) is 0 Å². The van der Waals surface area contributed by atoms with Gasteiger partial charge in [0.2, 0.25) is 5.91 Å². The van der Waals surface area contributed by atoms with E-state index in [0.29, 0.717) is 5.56 Å². The summed E-state index contributed by atoms with van der Waals surface area (Å²) < 4.78 is 41.6. The van der Waals surface area contributed by atoms with Crippen molar-refractivity contribution in [3.8, 4) is 5.75 Å². The van der Waals surface area contributed by atoms with E-state index < -0.39 is 23.6 Å². The fraction of sp³-hybridized carbons (Fsp3) is 0.118. The summed E-state index contributed by atoms with van der Waals surface area (Å²) in [7, 11) is 0. The minimum absolute atomic E-state index is 0.0413. The summed E-state index contributed by atoms with van der Waals surface area (Å²) >= 11 is 5.80. The van der Waals surface area contributed by atoms with E-state index in [-0.39, 0.29) is 22.1 Å². The second kappa shape index (κ2) is 8.54. The van der Waals surface area contributed by atoms with Gasteiger partial charge in [-0.15, -0.1) is 0 Å². The normalized spacial score (nSPS) is 11.4. The molecule has 0 aliphatic heterocycles. The number of hydrogen-bond donors (Lipinski definition) is 1. The Bertz CT molecular complexity index is 885. The number of hydrogen-bond acceptors (Lipinski definition) is 4. The summed E-state index contributed by atoms with van der Waals surface area (Å²) in [5, 5.41) is 13.3. The SMILES string of the molecule is O=C(/C=C/c1cccc([N+](=O)[O-])c1)Nc1cc(Cl)ccc1OCC(F)(F)F. The molecule has 0 aliphatic carbocycles. The second-order valence-electron chi connectivity index (χ2n) is 5.22. The number of nitrogens with one attached hydrogen (secondary N) is 1. The molecule has 0 saturated heterocycles. The van der Waals surface area contributed by atoms with Crippen LogP contribution in [0.25, 0.3) is 6.08 Å². The van der Waals surface area contributed by atoms with Crippen molar-refractivity contribution in [3.63, 3.8) is 0 Å². The third-order valence-corrected chi connectivity index (χ3v) is 3.33. The second-order valence-corrected chi connectivity index (χ2v) is 5.66. The molecule has 142 valence electrons. The fourth-order valence-electron chi connectivity index (χ4n) is 1.97. The molecule has 1 N–H and O–H groups in total. The monoisotopic (exact) mass is 400 g/mol. The molecule has 2 aromatic carbocycles. The number of alkyl halides is 3. The van der Waals surface area contributed by atoms with Crippen LogP contribution in [0.3, 0.4) is 0 Å². The van der Waals surface area contributed by atoms with Gasteiger partial charge in [0, 0.05) is 23.2 Å². The van der Waals surface area contributed by atoms with E-state index in [1.165, 1.54) is 42.5 Å². The Hall–Kier alpha value is -3.07. The van der Waals surface area contributed by atoms with Gasteiger partial charge >= 0.3 is 6.18 Å². The molecule has 0 aromatic heterocycles. The van der Waals surface area contributed by atoms with Gasteiger partial charge in [0.05, 0.1) is 10.6 Å². The zero-order chi connectivity index (χ0) is 20.0. The van der Waals surface area contributed by atoms with E-state index in [1.54, 1.807) is 6.07 Å². The first-order chi connectivity index (χ1) is 12.6. The molecule has 0 fully saturated rings. The van der Waals surface area contributed by atoms with Crippen molar-refractivity contribution >= 4 is 35.0 Å². The van der Waals surface area contributed by atoms with Crippen molar-refractivity contribution in [3.05, 3.63) is 69.2 Å². The van der Waals surface area contributed by atoms with Crippen molar-refractivity contribution in [1.82, 2.24) is 0 Å². The molecule has 27 heavy (non-hydrogen) atoms. The maximum atomic E-state index is 12.3. The van der Waals surface area contributed by atoms with E-state index in [9.17, 15) is 28.1 Å². The lowest BCUT2D eigenvalue weighted by Gasteiger charge is -2.13. The van der Waals surface area contributed by atoms with Crippen molar-refractivity contribution in [2.45, 2.75) is 6.18 Å². The quantitative estimate of drug-likeness (QED) is 0.427. The molecule has 0 saturated carbocycles. The van der Waals surface area contributed by atoms with Gasteiger partial charge in [-0.2, -0.15) is 13.2 Å². The van der Waals surface area contributed by atoms with Gasteiger partial charge in [-0.25, -0.2) is 0 Å². The summed E-state index contributed by atoms with van der Waals surface area (Å²) in [6.07, 6.45) is -2.14. The molecule has 0 radical (unpaired) electrons. The highest BCUT2D eigenvalue weighted by molar-refractivity contribution is 6.31. The van der Waals surface area contributed by atoms with Crippen molar-refractivity contribution < 1.29 is 27.6 Å². The van der Waals surface area contributed by atoms with E-state index in [2.05, 4.69) is 10.1 Å². The van der Waals surface area contributed by atoms with Crippen LogP contribution in [0.4, 0.5) is 24.5 Å². The standard InChI is InChI=1S/C17H12ClF3N2O4/c18-12-5-6-15(27-10-17(19,20)21)14(9-12)22-16(24)7-4-11-2-1-3-13(8-11)23(25)26/h1-9H,10H2,(H,22,24)/b7-4+. The summed E-state index contributed by atoms with van der Waals surface area (Å²) in [6, 6.07) is 9.33. The molecule has 0 spiro atoms. The number of benzene rings is 2. The molecule has 2 rings (SSSR count). The Morgan fingerprint density at radius 2 is 2.00 bits per heavy atom. The number of amides is 1. The van der Waals surface area contributed by atoms with Gasteiger partial charge in [-0.05, 0) is 29.8 Å². The molecule has 0 atom stereocenters. The number of non-ortho nitro benzene ring substituents is 1. The van der Waals surface area contributed by atoms with Crippen LogP contribution in [0.15, 0.2) is 48.5 Å². The molecular weight excluding hydrogens is 389 g/mol. The minimum Gasteiger partial charge on any atom is -0.482 e. The lowest BCUT2D eigenvalue weighted by Crippen LogP contribution is -2.20. The number of rotatable bonds is 6. The van der Waals surface area contributed by atoms with Crippen LogP contribution >= 0.6 is 11.6 Å². The van der Waals surface area contributed by atoms with Gasteiger partial charge in [-0.3, -0.25) is 14.9 Å². The topological polar surface area (TPSA) is 81.5 Å². The average Bonchev–Trinajstić information content (AvgIpc) is 2.58. The van der Waals surface area contributed by atoms with E-state index in [0.717, 1.165) is 6.08 Å². The molecule has 10 heteroatoms. The highest BCUT2D eigenvalue weighted by atomic mass is 35.5. The Balaban J connectivity index is 2.12. The van der Waals surface area contributed by atoms with Crippen LogP contribution < -0.4 is 10.1 Å². The molecule has 1 amide bonds. The average molecular weight is 401 g/mol. The summed E-state index contributed by atoms with van der Waals surface area (Å²) in [5.74, 6) is -0.880. The number of nitro benzene ring substituents is 1. The maximum Gasteiger partial charge on any atom is 0.422 e. The first-order valence-corrected chi connectivity index (χ1v) is 7.74. The largest absolute Gasteiger partial charge is 0.482 e. The number of halogens is 4. The van der Waals surface area contributed by atoms with Crippen LogP contribution in [0.2, 0.25) is 5.02 Å². The van der Waals surface area contributed by atoms with Gasteiger partial charge in [0.1, 0.15) is 5.75 Å². The van der Waals surface area contributed by atoms with Crippen LogP contribution in [-0.2, 0) is 4.79 Å². The summed E-state index contributed by atoms with van der Waals surface area (Å²) in [6.45, 7) is -1.53. The van der Waals surface area contributed by atoms with E-state index in [1.807, 2.05) is 0 Å². The molecule has 0 unspecified atom stereocenters. The molecule has 0 bridgehead atoms. The lowest BCUT2D eigenvalue weighted by molar-refractivity contribution is -0.384. The predicted octanol–water partition coefficient (Wildman–Crippen LogP) is 4.84. The maximum absolute atomic E-state index is 12.3. The number of anilines is 1. The van der Waals surface area contributed by atoms with E-state index in [4.69, 9.17) is 11.6 Å². The third kappa shape index (κ3) is 6.63. The highest BCUT2D eigenvalue weighted by Gasteiger charge is 2.29. The highest BCUT2D eigenvalue weighted by Crippen LogP contribution is 2.29. The third-order valence-electron chi connectivity index (χ3n) is 3.10. The molecule has 2 aromatic rings. The Labute approximate surface area is 156 Å². The number of nitrogens with zero attached hydrogens (tertiary/aromatic N) is 1. The lowest BCUT2D eigenvalue weighted by atomic mass is 10.2. The summed E-state index contributed by atoms with van der Waals surface area (Å²) in [5.41, 5.74) is 0.217. The van der Waals surface area contributed by atoms with Gasteiger partial charge < -0.3 is 10.1 Å². The molecule has 0 aliphatic rings. The smallest absolute Gasteiger partial charge is 0.422 e. The number of nitro groups is 1. The minimum atomic E-state index is -4.54. The number of ether oxygens (including phenoxy) is 1. The molecular formula is C17H12ClF3N2O4. The van der Waals surface area contributed by atoms with Crippen molar-refractivity contribution in [1.29, 1.82) is 0 Å². The molecule has 6 nitrogen and oxygen atoms in total. The van der Waals surface area contributed by atoms with Crippen molar-refractivity contribution in [2.75, 3.05) is 11.9 Å². The number of carbonyl (C=O) groups is 1. The van der Waals surface area contributed by atoms with Crippen LogP contribution in [-0.4, -0.2) is 23.6 Å². The van der Waals surface area contributed by atoms with Crippen LogP contribution in [0.1, 0.15) is 5.56 Å². The van der Waals surface area contributed by atoms with Crippen LogP contribution in [0, 0.1) is 10.1 Å². The van der Waals surface area contributed by atoms with Gasteiger partial charge in [0.25, 0.3) is 5.69 Å². The molecule has 0 heterocycles. The Kier molecular flexibility index (Phi) is 6.40. The zero-order valence-electron chi connectivity index (χ0n) is 13.5. The van der Waals surface area contributed by atoms with E-state index >= 15 is 0 Å². The predicted molar refractivity (Wildman–Crippen MR) is 93.8 cm³/mol. The Morgan fingerprint density at radius 3 is 2.67 bits per heavy atom. The summed E-state index contributed by atoms with van der Waals surface area (Å²) in [4.78, 5) is 22.2. The first kappa shape index (κ1) is 20.2. The zero-order valence-corrected chi connectivity index (χ0v) is 14.3. The van der Waals surface area contributed by atoms with Crippen LogP contribution in [0.5, 0.6) is 5.75 Å². The fourth-order valence-corrected chi connectivity index (χ4v) is 2.15. The number of carbonyl (C=O) groups excluding carboxylic acids is 1. The van der Waals surface area contributed by atoms with Gasteiger partial charge in [0.15, 0.2) is 6.61 Å². The Morgan fingerprint density at radius 1 is 1.26 bits per heavy atom. The first-order valence-electron chi connectivity index (χ1n) is 7.37. The van der Waals surface area contributed by atoms with Gasteiger partial charge in [-0.1, -0.05) is 23.7 Å².